The summed E-state index contributed by atoms with van der Waals surface area (Å²) in [5.41, 5.74) is 1.01. The van der Waals surface area contributed by atoms with E-state index in [2.05, 4.69) is 6.58 Å². The largest absolute Gasteiger partial charge is 0.299 e. The maximum atomic E-state index is 11.3. The van der Waals surface area contributed by atoms with Crippen LogP contribution in [0, 0.1) is 0 Å². The average Bonchev–Trinajstić information content (AvgIpc) is 2.15. The van der Waals surface area contributed by atoms with Gasteiger partial charge in [0.25, 0.3) is 0 Å². The van der Waals surface area contributed by atoms with Crippen LogP contribution in [0.15, 0.2) is 24.3 Å². The van der Waals surface area contributed by atoms with E-state index in [-0.39, 0.29) is 11.6 Å². The molecule has 0 atom stereocenters. The third kappa shape index (κ3) is 3.69. The Kier molecular flexibility index (Phi) is 4.30. The van der Waals surface area contributed by atoms with Crippen LogP contribution in [-0.2, 0) is 9.59 Å². The van der Waals surface area contributed by atoms with E-state index in [4.69, 9.17) is 0 Å². The number of carbonyl (C=O) groups excluding carboxylic acids is 2. The quantitative estimate of drug-likeness (QED) is 0.507. The summed E-state index contributed by atoms with van der Waals surface area (Å²) in [7, 11) is 0. The Morgan fingerprint density at radius 1 is 1.43 bits per heavy atom. The molecule has 0 N–H and O–H groups in total. The summed E-state index contributed by atoms with van der Waals surface area (Å²) in [5, 5.41) is 0. The fourth-order valence-corrected chi connectivity index (χ4v) is 1.61. The van der Waals surface area contributed by atoms with E-state index in [0.29, 0.717) is 19.3 Å². The summed E-state index contributed by atoms with van der Waals surface area (Å²) in [6, 6.07) is 0. The first-order valence-electron chi connectivity index (χ1n) is 5.07. The van der Waals surface area contributed by atoms with Crippen LogP contribution >= 0.6 is 0 Å². The normalized spacial score (nSPS) is 19.7. The van der Waals surface area contributed by atoms with E-state index in [0.717, 1.165) is 24.8 Å². The molecule has 0 unspecified atom stereocenters. The highest BCUT2D eigenvalue weighted by Gasteiger charge is 2.13. The summed E-state index contributed by atoms with van der Waals surface area (Å²) in [6.07, 6.45) is 7.60. The summed E-state index contributed by atoms with van der Waals surface area (Å²) >= 11 is 0. The molecule has 0 aromatic heterocycles. The van der Waals surface area contributed by atoms with Gasteiger partial charge in [-0.15, -0.1) is 6.58 Å². The monoisotopic (exact) mass is 192 g/mol. The molecular weight excluding hydrogens is 176 g/mol. The predicted octanol–water partition coefficient (Wildman–Crippen LogP) is 2.59. The maximum absolute atomic E-state index is 11.3. The molecule has 1 fully saturated rings. The third-order valence-corrected chi connectivity index (χ3v) is 2.34. The van der Waals surface area contributed by atoms with Gasteiger partial charge in [-0.05, 0) is 25.3 Å². The van der Waals surface area contributed by atoms with Crippen LogP contribution in [0.2, 0.25) is 0 Å². The van der Waals surface area contributed by atoms with Gasteiger partial charge in [-0.1, -0.05) is 11.6 Å². The molecule has 1 aliphatic carbocycles. The van der Waals surface area contributed by atoms with Gasteiger partial charge in [-0.2, -0.15) is 0 Å². The van der Waals surface area contributed by atoms with Crippen molar-refractivity contribution in [2.75, 3.05) is 0 Å². The molecule has 0 aromatic carbocycles. The Bertz CT molecular complexity index is 274. The molecule has 0 amide bonds. The summed E-state index contributed by atoms with van der Waals surface area (Å²) in [5.74, 6) is 0.383. The minimum absolute atomic E-state index is 0.120. The molecule has 14 heavy (non-hydrogen) atoms. The van der Waals surface area contributed by atoms with E-state index < -0.39 is 0 Å². The molecular formula is C12H16O2. The number of hydrogen-bond donors (Lipinski definition) is 0. The third-order valence-electron chi connectivity index (χ3n) is 2.34. The van der Waals surface area contributed by atoms with Crippen molar-refractivity contribution in [2.24, 2.45) is 0 Å². The van der Waals surface area contributed by atoms with Gasteiger partial charge in [0.05, 0.1) is 0 Å². The lowest BCUT2D eigenvalue weighted by Crippen LogP contribution is -2.08. The molecule has 1 saturated carbocycles. The van der Waals surface area contributed by atoms with Gasteiger partial charge in [0.15, 0.2) is 5.78 Å². The van der Waals surface area contributed by atoms with Gasteiger partial charge in [0, 0.05) is 19.3 Å². The van der Waals surface area contributed by atoms with Gasteiger partial charge >= 0.3 is 0 Å². The van der Waals surface area contributed by atoms with Crippen LogP contribution in [0.3, 0.4) is 0 Å². The van der Waals surface area contributed by atoms with E-state index >= 15 is 0 Å². The second-order valence-corrected chi connectivity index (χ2v) is 3.67. The highest BCUT2D eigenvalue weighted by Crippen LogP contribution is 2.20. The second-order valence-electron chi connectivity index (χ2n) is 3.67. The zero-order chi connectivity index (χ0) is 10.4. The molecule has 0 bridgehead atoms. The van der Waals surface area contributed by atoms with Gasteiger partial charge < -0.3 is 0 Å². The molecule has 1 aliphatic rings. The van der Waals surface area contributed by atoms with Gasteiger partial charge in [-0.3, -0.25) is 9.59 Å². The van der Waals surface area contributed by atoms with Crippen molar-refractivity contribution in [1.29, 1.82) is 0 Å². The number of rotatable bonds is 4. The van der Waals surface area contributed by atoms with Crippen LogP contribution in [0.1, 0.15) is 38.5 Å². The van der Waals surface area contributed by atoms with Crippen LogP contribution in [0.4, 0.5) is 0 Å². The fraction of sp³-hybridized carbons (Fsp3) is 0.500. The Hall–Kier alpha value is -1.18. The van der Waals surface area contributed by atoms with E-state index in [1.165, 1.54) is 0 Å². The first kappa shape index (κ1) is 10.9. The SMILES string of the molecule is C=CCCC(=O)/C=C1/CCCC(=O)C1. The molecule has 76 valence electrons. The molecule has 0 spiro atoms. The van der Waals surface area contributed by atoms with E-state index in [1.54, 1.807) is 12.2 Å². The second kappa shape index (κ2) is 5.53. The fourth-order valence-electron chi connectivity index (χ4n) is 1.61. The van der Waals surface area contributed by atoms with Crippen molar-refractivity contribution in [2.45, 2.75) is 38.5 Å². The first-order chi connectivity index (χ1) is 6.72. The molecule has 0 saturated heterocycles. The molecule has 0 heterocycles. The Balaban J connectivity index is 2.45. The summed E-state index contributed by atoms with van der Waals surface area (Å²) in [6.45, 7) is 3.56. The van der Waals surface area contributed by atoms with Crippen LogP contribution < -0.4 is 0 Å². The number of Topliss-reactive ketones (excluding diaryl/α,β-unsaturated/α-hetero) is 1. The molecule has 2 heteroatoms. The van der Waals surface area contributed by atoms with Crippen molar-refractivity contribution in [3.05, 3.63) is 24.3 Å². The lowest BCUT2D eigenvalue weighted by molar-refractivity contribution is -0.119. The maximum Gasteiger partial charge on any atom is 0.155 e. The molecule has 0 aliphatic heterocycles. The molecule has 0 radical (unpaired) electrons. The van der Waals surface area contributed by atoms with Crippen molar-refractivity contribution in [3.8, 4) is 0 Å². The zero-order valence-corrected chi connectivity index (χ0v) is 8.42. The predicted molar refractivity (Wildman–Crippen MR) is 56.0 cm³/mol. The van der Waals surface area contributed by atoms with Crippen molar-refractivity contribution in [1.82, 2.24) is 0 Å². The Labute approximate surface area is 84.7 Å². The van der Waals surface area contributed by atoms with Crippen molar-refractivity contribution < 1.29 is 9.59 Å². The summed E-state index contributed by atoms with van der Waals surface area (Å²) < 4.78 is 0. The van der Waals surface area contributed by atoms with Gasteiger partial charge in [-0.25, -0.2) is 0 Å². The summed E-state index contributed by atoms with van der Waals surface area (Å²) in [4.78, 5) is 22.4. The standard InChI is InChI=1S/C12H16O2/c1-2-3-6-11(13)8-10-5-4-7-12(14)9-10/h2,8H,1,3-7,9H2/b10-8-. The topological polar surface area (TPSA) is 34.1 Å². The molecule has 1 rings (SSSR count). The van der Waals surface area contributed by atoms with E-state index in [1.807, 2.05) is 0 Å². The van der Waals surface area contributed by atoms with Crippen molar-refractivity contribution >= 4 is 11.6 Å². The Morgan fingerprint density at radius 2 is 2.21 bits per heavy atom. The number of hydrogen-bond acceptors (Lipinski definition) is 2. The minimum Gasteiger partial charge on any atom is -0.299 e. The smallest absolute Gasteiger partial charge is 0.155 e. The van der Waals surface area contributed by atoms with Crippen LogP contribution in [0.25, 0.3) is 0 Å². The molecule has 2 nitrogen and oxygen atoms in total. The zero-order valence-electron chi connectivity index (χ0n) is 8.42. The number of carbonyl (C=O) groups is 2. The highest BCUT2D eigenvalue weighted by molar-refractivity contribution is 5.92. The highest BCUT2D eigenvalue weighted by atomic mass is 16.1. The van der Waals surface area contributed by atoms with Gasteiger partial charge in [0.2, 0.25) is 0 Å². The number of ketones is 2. The minimum atomic E-state index is 0.120. The van der Waals surface area contributed by atoms with E-state index in [9.17, 15) is 9.59 Å². The Morgan fingerprint density at radius 3 is 2.86 bits per heavy atom. The van der Waals surface area contributed by atoms with Crippen molar-refractivity contribution in [3.63, 3.8) is 0 Å². The lowest BCUT2D eigenvalue weighted by atomic mass is 9.92. The average molecular weight is 192 g/mol. The van der Waals surface area contributed by atoms with Crippen LogP contribution in [-0.4, -0.2) is 11.6 Å². The first-order valence-corrected chi connectivity index (χ1v) is 5.07. The number of allylic oxidation sites excluding steroid dienone is 3. The van der Waals surface area contributed by atoms with Crippen LogP contribution in [0.5, 0.6) is 0 Å². The lowest BCUT2D eigenvalue weighted by Gasteiger charge is -2.11. The molecule has 0 aromatic rings. The van der Waals surface area contributed by atoms with Gasteiger partial charge in [0.1, 0.15) is 5.78 Å².